The van der Waals surface area contributed by atoms with Crippen LogP contribution in [0.2, 0.25) is 5.02 Å². The van der Waals surface area contributed by atoms with Gasteiger partial charge in [0.2, 0.25) is 0 Å². The van der Waals surface area contributed by atoms with Gasteiger partial charge in [-0.05, 0) is 37.4 Å². The molecule has 4 rings (SSSR count). The maximum atomic E-state index is 6.27. The molecular formula is C19H23ClN4S. The third-order valence-corrected chi connectivity index (χ3v) is 6.13. The number of hydrogen-bond acceptors (Lipinski definition) is 5. The molecule has 0 radical (unpaired) electrons. The molecule has 2 aliphatic rings. The van der Waals surface area contributed by atoms with Crippen molar-refractivity contribution in [2.24, 2.45) is 0 Å². The van der Waals surface area contributed by atoms with E-state index in [1.807, 2.05) is 17.8 Å². The van der Waals surface area contributed by atoms with Crippen molar-refractivity contribution in [2.75, 3.05) is 51.2 Å². The highest BCUT2D eigenvalue weighted by Crippen LogP contribution is 2.48. The Morgan fingerprint density at radius 3 is 2.60 bits per heavy atom. The minimum absolute atomic E-state index is 0.788. The van der Waals surface area contributed by atoms with E-state index in [2.05, 4.69) is 63.7 Å². The van der Waals surface area contributed by atoms with Crippen LogP contribution in [0.3, 0.4) is 0 Å². The van der Waals surface area contributed by atoms with Gasteiger partial charge in [-0.15, -0.1) is 0 Å². The molecule has 0 aromatic heterocycles. The topological polar surface area (TPSA) is 21.8 Å². The summed E-state index contributed by atoms with van der Waals surface area (Å²) in [4.78, 5) is 7.32. The van der Waals surface area contributed by atoms with Crippen LogP contribution in [0.25, 0.3) is 0 Å². The lowest BCUT2D eigenvalue weighted by Gasteiger charge is -2.35. The molecule has 0 saturated carbocycles. The van der Waals surface area contributed by atoms with Crippen LogP contribution >= 0.6 is 23.4 Å². The van der Waals surface area contributed by atoms with Gasteiger partial charge in [0.25, 0.3) is 0 Å². The average Bonchev–Trinajstić information content (AvgIpc) is 2.63. The summed E-state index contributed by atoms with van der Waals surface area (Å²) in [6.45, 7) is 6.21. The van der Waals surface area contributed by atoms with Crippen LogP contribution in [0.4, 0.5) is 11.4 Å². The SMILES string of the molecule is CN1CCN(NCCN2c3ccccc3Sc3ccc(Cl)cc32)CC1. The molecule has 2 aromatic rings. The van der Waals surface area contributed by atoms with Crippen molar-refractivity contribution in [1.29, 1.82) is 0 Å². The number of piperazine rings is 1. The van der Waals surface area contributed by atoms with E-state index in [-0.39, 0.29) is 0 Å². The number of likely N-dealkylation sites (N-methyl/N-ethyl adjacent to an activating group) is 1. The Morgan fingerprint density at radius 2 is 1.76 bits per heavy atom. The number of nitrogens with zero attached hydrogens (tertiary/aromatic N) is 3. The Labute approximate surface area is 158 Å². The van der Waals surface area contributed by atoms with Gasteiger partial charge in [0.05, 0.1) is 11.4 Å². The van der Waals surface area contributed by atoms with Gasteiger partial charge in [-0.3, -0.25) is 5.43 Å². The van der Waals surface area contributed by atoms with E-state index in [9.17, 15) is 0 Å². The van der Waals surface area contributed by atoms with Crippen molar-refractivity contribution in [3.63, 3.8) is 0 Å². The molecule has 0 bridgehead atoms. The van der Waals surface area contributed by atoms with Crippen molar-refractivity contribution in [2.45, 2.75) is 9.79 Å². The number of anilines is 2. The molecule has 2 heterocycles. The largest absolute Gasteiger partial charge is 0.338 e. The maximum Gasteiger partial charge on any atom is 0.0568 e. The Kier molecular flexibility index (Phi) is 5.20. The number of halogens is 1. The molecule has 2 aromatic carbocycles. The number of fused-ring (bicyclic) bond motifs is 2. The van der Waals surface area contributed by atoms with Crippen LogP contribution in [0.15, 0.2) is 52.3 Å². The fourth-order valence-electron chi connectivity index (χ4n) is 3.33. The number of hydrogen-bond donors (Lipinski definition) is 1. The normalized spacial score (nSPS) is 18.1. The van der Waals surface area contributed by atoms with Crippen LogP contribution in [0.1, 0.15) is 0 Å². The first-order chi connectivity index (χ1) is 12.2. The molecule has 4 nitrogen and oxygen atoms in total. The highest BCUT2D eigenvalue weighted by atomic mass is 35.5. The first-order valence-electron chi connectivity index (χ1n) is 8.72. The average molecular weight is 375 g/mol. The molecule has 25 heavy (non-hydrogen) atoms. The molecule has 6 heteroatoms. The van der Waals surface area contributed by atoms with Gasteiger partial charge in [0.15, 0.2) is 0 Å². The van der Waals surface area contributed by atoms with Crippen LogP contribution < -0.4 is 10.3 Å². The zero-order valence-electron chi connectivity index (χ0n) is 14.4. The fraction of sp³-hybridized carbons (Fsp3) is 0.368. The third-order valence-electron chi connectivity index (χ3n) is 4.76. The Hall–Kier alpha value is -1.24. The van der Waals surface area contributed by atoms with Crippen LogP contribution in [0, 0.1) is 0 Å². The van der Waals surface area contributed by atoms with Crippen molar-refractivity contribution in [1.82, 2.24) is 15.3 Å². The molecule has 0 aliphatic carbocycles. The van der Waals surface area contributed by atoms with Gasteiger partial charge in [0, 0.05) is 54.1 Å². The third kappa shape index (κ3) is 3.81. The van der Waals surface area contributed by atoms with Crippen molar-refractivity contribution in [3.8, 4) is 0 Å². The number of hydrazine groups is 1. The predicted molar refractivity (Wildman–Crippen MR) is 106 cm³/mol. The van der Waals surface area contributed by atoms with Crippen LogP contribution in [0.5, 0.6) is 0 Å². The van der Waals surface area contributed by atoms with E-state index >= 15 is 0 Å². The molecule has 132 valence electrons. The molecule has 1 fully saturated rings. The summed E-state index contributed by atoms with van der Waals surface area (Å²) in [6.07, 6.45) is 0. The van der Waals surface area contributed by atoms with Gasteiger partial charge < -0.3 is 9.80 Å². The van der Waals surface area contributed by atoms with Gasteiger partial charge in [-0.25, -0.2) is 5.01 Å². The van der Waals surface area contributed by atoms with Crippen molar-refractivity contribution in [3.05, 3.63) is 47.5 Å². The van der Waals surface area contributed by atoms with E-state index in [1.54, 1.807) is 0 Å². The number of rotatable bonds is 4. The molecule has 0 unspecified atom stereocenters. The summed E-state index contributed by atoms with van der Waals surface area (Å²) in [6, 6.07) is 14.8. The summed E-state index contributed by atoms with van der Waals surface area (Å²) >= 11 is 8.09. The van der Waals surface area contributed by atoms with Gasteiger partial charge in [0.1, 0.15) is 0 Å². The maximum absolute atomic E-state index is 6.27. The molecule has 0 atom stereocenters. The first-order valence-corrected chi connectivity index (χ1v) is 9.91. The quantitative estimate of drug-likeness (QED) is 0.878. The molecular weight excluding hydrogens is 352 g/mol. The van der Waals surface area contributed by atoms with Gasteiger partial charge in [-0.2, -0.15) is 0 Å². The fourth-order valence-corrected chi connectivity index (χ4v) is 4.57. The zero-order chi connectivity index (χ0) is 17.2. The predicted octanol–water partition coefficient (Wildman–Crippen LogP) is 3.69. The summed E-state index contributed by atoms with van der Waals surface area (Å²) in [5.41, 5.74) is 6.06. The first kappa shape index (κ1) is 17.2. The van der Waals surface area contributed by atoms with Gasteiger partial charge in [-0.1, -0.05) is 35.5 Å². The Morgan fingerprint density at radius 1 is 1.00 bits per heavy atom. The van der Waals surface area contributed by atoms with E-state index in [0.29, 0.717) is 0 Å². The number of nitrogens with one attached hydrogen (secondary N) is 1. The second-order valence-electron chi connectivity index (χ2n) is 6.53. The van der Waals surface area contributed by atoms with Crippen LogP contribution in [-0.2, 0) is 0 Å². The molecule has 2 aliphatic heterocycles. The van der Waals surface area contributed by atoms with Crippen molar-refractivity contribution < 1.29 is 0 Å². The van der Waals surface area contributed by atoms with Crippen LogP contribution in [-0.4, -0.2) is 56.2 Å². The van der Waals surface area contributed by atoms with Gasteiger partial charge >= 0.3 is 0 Å². The molecule has 0 spiro atoms. The Balaban J connectivity index is 1.49. The highest BCUT2D eigenvalue weighted by molar-refractivity contribution is 7.99. The van der Waals surface area contributed by atoms with Crippen molar-refractivity contribution >= 4 is 34.7 Å². The zero-order valence-corrected chi connectivity index (χ0v) is 16.0. The number of para-hydroxylation sites is 1. The summed E-state index contributed by atoms with van der Waals surface area (Å²) in [5.74, 6) is 0. The highest BCUT2D eigenvalue weighted by Gasteiger charge is 2.23. The summed E-state index contributed by atoms with van der Waals surface area (Å²) in [7, 11) is 2.18. The number of benzene rings is 2. The van der Waals surface area contributed by atoms with E-state index in [4.69, 9.17) is 11.6 Å². The second-order valence-corrected chi connectivity index (χ2v) is 8.05. The minimum Gasteiger partial charge on any atom is -0.338 e. The molecule has 0 amide bonds. The summed E-state index contributed by atoms with van der Waals surface area (Å²) in [5, 5.41) is 3.12. The van der Waals surface area contributed by atoms with E-state index in [0.717, 1.165) is 44.3 Å². The lowest BCUT2D eigenvalue weighted by molar-refractivity contribution is 0.106. The summed E-state index contributed by atoms with van der Waals surface area (Å²) < 4.78 is 0. The lowest BCUT2D eigenvalue weighted by atomic mass is 10.2. The molecule has 1 N–H and O–H groups in total. The Bertz CT molecular complexity index is 746. The van der Waals surface area contributed by atoms with E-state index in [1.165, 1.54) is 21.2 Å². The minimum atomic E-state index is 0.788. The smallest absolute Gasteiger partial charge is 0.0568 e. The molecule has 1 saturated heterocycles. The standard InChI is InChI=1S/C19H23ClN4S/c1-22-10-12-23(13-11-22)21-8-9-24-16-4-2-3-5-18(16)25-19-7-6-15(20)14-17(19)24/h2-7,14,21H,8-13H2,1H3. The second kappa shape index (κ2) is 7.56. The van der Waals surface area contributed by atoms with E-state index < -0.39 is 0 Å². The lowest BCUT2D eigenvalue weighted by Crippen LogP contribution is -2.52. The monoisotopic (exact) mass is 374 g/mol.